The van der Waals surface area contributed by atoms with E-state index < -0.39 is 11.2 Å². The van der Waals surface area contributed by atoms with E-state index >= 15 is 0 Å². The molecule has 1 unspecified atom stereocenters. The van der Waals surface area contributed by atoms with Crippen molar-refractivity contribution in [3.8, 4) is 11.5 Å². The smallest absolute Gasteiger partial charge is 0.250 e. The maximum absolute atomic E-state index is 12.4. The second-order valence-electron chi connectivity index (χ2n) is 4.72. The Bertz CT molecular complexity index is 725. The third-order valence-corrected chi connectivity index (χ3v) is 4.47. The predicted molar refractivity (Wildman–Crippen MR) is 84.7 cm³/mol. The summed E-state index contributed by atoms with van der Waals surface area (Å²) in [7, 11) is 1.49. The van der Waals surface area contributed by atoms with E-state index in [-0.39, 0.29) is 11.7 Å². The van der Waals surface area contributed by atoms with E-state index in [2.05, 4.69) is 0 Å². The van der Waals surface area contributed by atoms with E-state index in [4.69, 9.17) is 9.47 Å². The molecule has 0 bridgehead atoms. The molecule has 1 aliphatic heterocycles. The number of ketones is 1. The first-order chi connectivity index (χ1) is 10.7. The molecule has 1 aliphatic rings. The second kappa shape index (κ2) is 6.25. The number of ether oxygens (including phenoxy) is 2. The monoisotopic (exact) mass is 314 g/mol. The van der Waals surface area contributed by atoms with Gasteiger partial charge in [-0.05, 0) is 11.6 Å². The zero-order valence-electron chi connectivity index (χ0n) is 11.9. The summed E-state index contributed by atoms with van der Waals surface area (Å²) in [5.41, 5.74) is 1.31. The van der Waals surface area contributed by atoms with E-state index in [0.29, 0.717) is 22.0 Å². The summed E-state index contributed by atoms with van der Waals surface area (Å²) in [6.45, 7) is 0. The third kappa shape index (κ3) is 2.86. The van der Waals surface area contributed by atoms with Gasteiger partial charge in [-0.2, -0.15) is 0 Å². The minimum absolute atomic E-state index is 0.121. The quantitative estimate of drug-likeness (QED) is 0.494. The van der Waals surface area contributed by atoms with Crippen LogP contribution in [0.4, 0.5) is 0 Å². The highest BCUT2D eigenvalue weighted by Gasteiger charge is 2.29. The highest BCUT2D eigenvalue weighted by atomic mass is 32.2. The summed E-state index contributed by atoms with van der Waals surface area (Å²) in [5.74, 6) is 0.849. The van der Waals surface area contributed by atoms with Crippen molar-refractivity contribution in [2.75, 3.05) is 13.0 Å². The number of hydrogen-bond donors (Lipinski definition) is 0. The first-order valence-electron chi connectivity index (χ1n) is 6.69. The van der Waals surface area contributed by atoms with Gasteiger partial charge in [0.05, 0.1) is 12.7 Å². The highest BCUT2D eigenvalue weighted by Crippen LogP contribution is 2.37. The van der Waals surface area contributed by atoms with Crippen LogP contribution in [0.5, 0.6) is 11.5 Å². The van der Waals surface area contributed by atoms with Crippen LogP contribution in [0.25, 0.3) is 6.08 Å². The summed E-state index contributed by atoms with van der Waals surface area (Å²) in [4.78, 5) is 12.9. The molecule has 4 nitrogen and oxygen atoms in total. The predicted octanol–water partition coefficient (Wildman–Crippen LogP) is 3.05. The molecule has 112 valence electrons. The molecule has 2 aromatic rings. The molecule has 0 aromatic heterocycles. The molecule has 0 spiro atoms. The zero-order valence-corrected chi connectivity index (χ0v) is 12.8. The molecule has 0 radical (unpaired) electrons. The lowest BCUT2D eigenvalue weighted by molar-refractivity contribution is 0.104. The van der Waals surface area contributed by atoms with Gasteiger partial charge >= 0.3 is 0 Å². The maximum atomic E-state index is 12.4. The fraction of sp³-hybridized carbons (Fsp3) is 0.118. The molecule has 1 heterocycles. The van der Waals surface area contributed by atoms with Crippen molar-refractivity contribution in [2.24, 2.45) is 0 Å². The molecule has 0 amide bonds. The van der Waals surface area contributed by atoms with Gasteiger partial charge in [-0.15, -0.1) is 0 Å². The van der Waals surface area contributed by atoms with Crippen LogP contribution in [-0.4, -0.2) is 23.4 Å². The van der Waals surface area contributed by atoms with Crippen LogP contribution in [0.3, 0.4) is 0 Å². The second-order valence-corrected chi connectivity index (χ2v) is 6.08. The molecule has 0 aliphatic carbocycles. The lowest BCUT2D eigenvalue weighted by Gasteiger charge is -2.07. The SMILES string of the molecule is COc1cc2c(cc1C(=O)/C=C/c1ccccc1)[S+]([O-])CO2. The van der Waals surface area contributed by atoms with E-state index in [9.17, 15) is 9.35 Å². The van der Waals surface area contributed by atoms with Crippen molar-refractivity contribution in [1.82, 2.24) is 0 Å². The Labute approximate surface area is 131 Å². The van der Waals surface area contributed by atoms with Gasteiger partial charge in [0.1, 0.15) is 5.75 Å². The van der Waals surface area contributed by atoms with Crippen LogP contribution < -0.4 is 9.47 Å². The van der Waals surface area contributed by atoms with E-state index in [1.165, 1.54) is 13.2 Å². The number of allylic oxidation sites excluding steroid dienone is 1. The fourth-order valence-corrected chi connectivity index (χ4v) is 3.15. The summed E-state index contributed by atoms with van der Waals surface area (Å²) >= 11 is -1.23. The van der Waals surface area contributed by atoms with E-state index in [0.717, 1.165) is 5.56 Å². The van der Waals surface area contributed by atoms with Crippen molar-refractivity contribution in [2.45, 2.75) is 4.90 Å². The molecule has 0 saturated heterocycles. The minimum atomic E-state index is -1.23. The number of methoxy groups -OCH3 is 1. The molecule has 22 heavy (non-hydrogen) atoms. The number of benzene rings is 2. The zero-order chi connectivity index (χ0) is 15.5. The first-order valence-corrected chi connectivity index (χ1v) is 8.01. The van der Waals surface area contributed by atoms with E-state index in [1.807, 2.05) is 30.3 Å². The minimum Gasteiger partial charge on any atom is -0.609 e. The van der Waals surface area contributed by atoms with Crippen LogP contribution in [-0.2, 0) is 11.2 Å². The largest absolute Gasteiger partial charge is 0.609 e. The Balaban J connectivity index is 1.92. The van der Waals surface area contributed by atoms with Crippen molar-refractivity contribution < 1.29 is 18.8 Å². The average molecular weight is 314 g/mol. The summed E-state index contributed by atoms with van der Waals surface area (Å²) in [6.07, 6.45) is 3.22. The summed E-state index contributed by atoms with van der Waals surface area (Å²) < 4.78 is 22.4. The molecule has 2 aromatic carbocycles. The Morgan fingerprint density at radius 3 is 2.82 bits per heavy atom. The van der Waals surface area contributed by atoms with Gasteiger partial charge in [0, 0.05) is 23.3 Å². The van der Waals surface area contributed by atoms with Gasteiger partial charge in [0.15, 0.2) is 16.4 Å². The van der Waals surface area contributed by atoms with Crippen molar-refractivity contribution in [3.63, 3.8) is 0 Å². The molecular weight excluding hydrogens is 300 g/mol. The molecular formula is C17H14O4S. The van der Waals surface area contributed by atoms with Gasteiger partial charge in [-0.1, -0.05) is 36.4 Å². The fourth-order valence-electron chi connectivity index (χ4n) is 2.20. The number of carbonyl (C=O) groups is 1. The van der Waals surface area contributed by atoms with Crippen molar-refractivity contribution >= 4 is 23.0 Å². The number of hydrogen-bond acceptors (Lipinski definition) is 4. The van der Waals surface area contributed by atoms with Crippen molar-refractivity contribution in [3.05, 3.63) is 59.7 Å². The molecule has 1 atom stereocenters. The van der Waals surface area contributed by atoms with Gasteiger partial charge in [-0.25, -0.2) is 0 Å². The number of fused-ring (bicyclic) bond motifs is 1. The van der Waals surface area contributed by atoms with Crippen LogP contribution in [0.1, 0.15) is 15.9 Å². The van der Waals surface area contributed by atoms with Crippen LogP contribution in [0, 0.1) is 0 Å². The summed E-state index contributed by atoms with van der Waals surface area (Å²) in [5, 5.41) is 0. The Hall–Kier alpha value is -2.24. The third-order valence-electron chi connectivity index (χ3n) is 3.32. The molecule has 0 fully saturated rings. The molecule has 3 rings (SSSR count). The van der Waals surface area contributed by atoms with Gasteiger partial charge < -0.3 is 14.0 Å². The topological polar surface area (TPSA) is 58.6 Å². The number of rotatable bonds is 4. The summed E-state index contributed by atoms with van der Waals surface area (Å²) in [6, 6.07) is 12.7. The average Bonchev–Trinajstić information content (AvgIpc) is 2.93. The Morgan fingerprint density at radius 1 is 1.32 bits per heavy atom. The first kappa shape index (κ1) is 14.7. The molecule has 0 saturated carbocycles. The van der Waals surface area contributed by atoms with Gasteiger partial charge in [0.2, 0.25) is 0 Å². The molecule has 5 heteroatoms. The van der Waals surface area contributed by atoms with Crippen LogP contribution >= 0.6 is 0 Å². The highest BCUT2D eigenvalue weighted by molar-refractivity contribution is 7.91. The van der Waals surface area contributed by atoms with Gasteiger partial charge in [-0.3, -0.25) is 4.79 Å². The molecule has 0 N–H and O–H groups in total. The van der Waals surface area contributed by atoms with Gasteiger partial charge in [0.25, 0.3) is 5.94 Å². The van der Waals surface area contributed by atoms with E-state index in [1.54, 1.807) is 18.2 Å². The lowest BCUT2D eigenvalue weighted by Crippen LogP contribution is -2.03. The van der Waals surface area contributed by atoms with Crippen molar-refractivity contribution in [1.29, 1.82) is 0 Å². The number of carbonyl (C=O) groups excluding carboxylic acids is 1. The lowest BCUT2D eigenvalue weighted by atomic mass is 10.1. The van der Waals surface area contributed by atoms with Crippen LogP contribution in [0.15, 0.2) is 53.4 Å². The normalized spacial score (nSPS) is 16.4. The Kier molecular flexibility index (Phi) is 4.18. The maximum Gasteiger partial charge on any atom is 0.250 e. The van der Waals surface area contributed by atoms with Crippen LogP contribution in [0.2, 0.25) is 0 Å². The standard InChI is InChI=1S/C17H14O4S/c1-20-15-10-16-17(22(19)11-21-16)9-13(15)14(18)8-7-12-5-3-2-4-6-12/h2-10H,11H2,1H3/b8-7+. The Morgan fingerprint density at radius 2 is 2.09 bits per heavy atom.